The number of unbranched alkanes of at least 4 members (excludes halogenated alkanes) is 39. The second-order valence-electron chi connectivity index (χ2n) is 26.3. The minimum absolute atomic E-state index is 0.105. The first-order valence-corrected chi connectivity index (χ1v) is 40.0. The Morgan fingerprint density at radius 2 is 0.567 bits per heavy atom. The summed E-state index contributed by atoms with van der Waals surface area (Å²) in [6.45, 7) is 9.57. The SMILES string of the molecule is CCCCCCCCCCCC(=O)O[C@H](COC(=O)CCCCCCCCC)COP(=O)(O)OC[C@H](O)COP(=O)(O)OC[C@@H](COC(=O)CCCCCCCCCCCCCCCC(C)C)OC(=O)CCCCCCCCCCCCCCCCC(C)CC. The highest BCUT2D eigenvalue weighted by molar-refractivity contribution is 7.47. The second-order valence-corrected chi connectivity index (χ2v) is 29.3. The van der Waals surface area contributed by atoms with E-state index in [2.05, 4.69) is 41.5 Å². The maximum atomic E-state index is 13.0. The molecule has 0 aromatic heterocycles. The Labute approximate surface area is 549 Å². The lowest BCUT2D eigenvalue weighted by molar-refractivity contribution is -0.161. The average Bonchev–Trinajstić information content (AvgIpc) is 3.72. The maximum absolute atomic E-state index is 13.0. The molecular weight excluding hydrogens is 1190 g/mol. The van der Waals surface area contributed by atoms with Gasteiger partial charge in [-0.1, -0.05) is 311 Å². The molecule has 0 heterocycles. The van der Waals surface area contributed by atoms with E-state index in [9.17, 15) is 43.2 Å². The highest BCUT2D eigenvalue weighted by Gasteiger charge is 2.30. The summed E-state index contributed by atoms with van der Waals surface area (Å²) in [5.41, 5.74) is 0. The van der Waals surface area contributed by atoms with Crippen molar-refractivity contribution in [2.24, 2.45) is 11.8 Å². The zero-order valence-corrected chi connectivity index (χ0v) is 60.2. The predicted octanol–water partition coefficient (Wildman–Crippen LogP) is 20.4. The molecule has 0 amide bonds. The zero-order valence-electron chi connectivity index (χ0n) is 58.4. The van der Waals surface area contributed by atoms with Gasteiger partial charge in [0.15, 0.2) is 12.2 Å². The van der Waals surface area contributed by atoms with Crippen LogP contribution in [-0.2, 0) is 65.4 Å². The number of phosphoric ester groups is 2. The normalized spacial score (nSPS) is 14.4. The number of hydrogen-bond acceptors (Lipinski definition) is 15. The van der Waals surface area contributed by atoms with E-state index in [0.717, 1.165) is 115 Å². The lowest BCUT2D eigenvalue weighted by Gasteiger charge is -2.21. The van der Waals surface area contributed by atoms with Crippen molar-refractivity contribution in [1.29, 1.82) is 0 Å². The molecule has 0 saturated carbocycles. The molecule has 0 aliphatic rings. The van der Waals surface area contributed by atoms with E-state index in [1.165, 1.54) is 167 Å². The number of ether oxygens (including phenoxy) is 4. The summed E-state index contributed by atoms with van der Waals surface area (Å²) in [5.74, 6) is -0.491. The van der Waals surface area contributed by atoms with E-state index in [1.54, 1.807) is 0 Å². The first-order valence-electron chi connectivity index (χ1n) is 37.0. The monoisotopic (exact) mass is 1320 g/mol. The molecular formula is C71H138O17P2. The molecule has 0 aliphatic heterocycles. The third-order valence-electron chi connectivity index (χ3n) is 16.8. The standard InChI is InChI=1S/C71H138O17P2/c1-7-10-12-14-16-28-37-43-49-55-70(75)87-66(59-81-68(73)53-47-41-33-15-13-11-8-2)61-85-89(77,78)83-57-65(72)58-84-90(79,80)86-62-67(60-82-69(74)54-48-42-36-31-26-23-19-20-24-29-34-39-45-51-63(4)5)88-71(76)56-50-44-38-32-27-22-18-17-21-25-30-35-40-46-52-64(6)9-3/h63-67,72H,7-62H2,1-6H3,(H,77,78)(H,79,80)/t64?,65-,66+,67+/m0/s1. The molecule has 19 heteroatoms. The average molecular weight is 1330 g/mol. The minimum Gasteiger partial charge on any atom is -0.462 e. The Hall–Kier alpha value is -1.94. The lowest BCUT2D eigenvalue weighted by Crippen LogP contribution is -2.30. The van der Waals surface area contributed by atoms with Gasteiger partial charge in [0.25, 0.3) is 0 Å². The number of phosphoric acid groups is 2. The van der Waals surface area contributed by atoms with Crippen LogP contribution >= 0.6 is 15.6 Å². The van der Waals surface area contributed by atoms with Crippen molar-refractivity contribution in [3.8, 4) is 0 Å². The summed E-state index contributed by atoms with van der Waals surface area (Å²) >= 11 is 0. The maximum Gasteiger partial charge on any atom is 0.472 e. The van der Waals surface area contributed by atoms with Crippen LogP contribution in [0.4, 0.5) is 0 Å². The molecule has 3 unspecified atom stereocenters. The molecule has 17 nitrogen and oxygen atoms in total. The fourth-order valence-corrected chi connectivity index (χ4v) is 12.3. The van der Waals surface area contributed by atoms with Gasteiger partial charge < -0.3 is 33.8 Å². The fraction of sp³-hybridized carbons (Fsp3) is 0.944. The molecule has 0 rings (SSSR count). The molecule has 0 spiro atoms. The summed E-state index contributed by atoms with van der Waals surface area (Å²) in [7, 11) is -9.89. The first-order chi connectivity index (χ1) is 43.4. The van der Waals surface area contributed by atoms with Crippen LogP contribution in [0.1, 0.15) is 363 Å². The Balaban J connectivity index is 5.18. The second kappa shape index (κ2) is 63.1. The van der Waals surface area contributed by atoms with E-state index < -0.39 is 97.5 Å². The molecule has 534 valence electrons. The quantitative estimate of drug-likeness (QED) is 0.0222. The van der Waals surface area contributed by atoms with Crippen LogP contribution in [0.15, 0.2) is 0 Å². The largest absolute Gasteiger partial charge is 0.472 e. The highest BCUT2D eigenvalue weighted by atomic mass is 31.2. The highest BCUT2D eigenvalue weighted by Crippen LogP contribution is 2.45. The number of aliphatic hydroxyl groups excluding tert-OH is 1. The van der Waals surface area contributed by atoms with Crippen molar-refractivity contribution in [3.63, 3.8) is 0 Å². The first kappa shape index (κ1) is 88.1. The zero-order chi connectivity index (χ0) is 66.5. The van der Waals surface area contributed by atoms with Crippen molar-refractivity contribution >= 4 is 39.5 Å². The van der Waals surface area contributed by atoms with Crippen molar-refractivity contribution < 1.29 is 80.2 Å². The van der Waals surface area contributed by atoms with Gasteiger partial charge in [0, 0.05) is 25.7 Å². The lowest BCUT2D eigenvalue weighted by atomic mass is 9.99. The van der Waals surface area contributed by atoms with Gasteiger partial charge in [0.05, 0.1) is 26.4 Å². The summed E-state index contributed by atoms with van der Waals surface area (Å²) in [4.78, 5) is 72.4. The van der Waals surface area contributed by atoms with Crippen LogP contribution in [0, 0.1) is 11.8 Å². The molecule has 0 bridgehead atoms. The third kappa shape index (κ3) is 63.5. The molecule has 0 fully saturated rings. The minimum atomic E-state index is -4.95. The van der Waals surface area contributed by atoms with Gasteiger partial charge in [-0.3, -0.25) is 37.3 Å². The van der Waals surface area contributed by atoms with Crippen LogP contribution in [0.5, 0.6) is 0 Å². The predicted molar refractivity (Wildman–Crippen MR) is 363 cm³/mol. The van der Waals surface area contributed by atoms with Gasteiger partial charge in [0.1, 0.15) is 19.3 Å². The smallest absolute Gasteiger partial charge is 0.462 e. The Kier molecular flexibility index (Phi) is 61.8. The molecule has 0 saturated heterocycles. The number of rotatable bonds is 70. The molecule has 6 atom stereocenters. The van der Waals surface area contributed by atoms with Crippen molar-refractivity contribution in [3.05, 3.63) is 0 Å². The summed E-state index contributed by atoms with van der Waals surface area (Å²) < 4.78 is 68.2. The molecule has 0 aromatic rings. The van der Waals surface area contributed by atoms with Crippen molar-refractivity contribution in [1.82, 2.24) is 0 Å². The van der Waals surface area contributed by atoms with Crippen LogP contribution in [0.2, 0.25) is 0 Å². The van der Waals surface area contributed by atoms with Crippen LogP contribution < -0.4 is 0 Å². The van der Waals surface area contributed by atoms with E-state index >= 15 is 0 Å². The van der Waals surface area contributed by atoms with Gasteiger partial charge in [-0.2, -0.15) is 0 Å². The molecule has 0 aromatic carbocycles. The van der Waals surface area contributed by atoms with Gasteiger partial charge in [0.2, 0.25) is 0 Å². The Morgan fingerprint density at radius 3 is 0.844 bits per heavy atom. The van der Waals surface area contributed by atoms with Crippen molar-refractivity contribution in [2.45, 2.75) is 381 Å². The Bertz CT molecular complexity index is 1750. The van der Waals surface area contributed by atoms with Gasteiger partial charge in [-0.25, -0.2) is 9.13 Å². The molecule has 3 N–H and O–H groups in total. The van der Waals surface area contributed by atoms with Crippen LogP contribution in [-0.4, -0.2) is 96.7 Å². The molecule has 0 aliphatic carbocycles. The summed E-state index contributed by atoms with van der Waals surface area (Å²) in [5, 5.41) is 10.6. The van der Waals surface area contributed by atoms with Gasteiger partial charge in [-0.05, 0) is 37.5 Å². The van der Waals surface area contributed by atoms with E-state index in [1.807, 2.05) is 0 Å². The van der Waals surface area contributed by atoms with Gasteiger partial charge >= 0.3 is 39.5 Å². The number of hydrogen-bond donors (Lipinski definition) is 3. The number of aliphatic hydroxyl groups is 1. The molecule has 90 heavy (non-hydrogen) atoms. The summed E-state index contributed by atoms with van der Waals surface area (Å²) in [6, 6.07) is 0. The fourth-order valence-electron chi connectivity index (χ4n) is 10.7. The van der Waals surface area contributed by atoms with E-state index in [4.69, 9.17) is 37.0 Å². The third-order valence-corrected chi connectivity index (χ3v) is 18.7. The number of carbonyl (C=O) groups is 4. The molecule has 0 radical (unpaired) electrons. The van der Waals surface area contributed by atoms with Crippen LogP contribution in [0.25, 0.3) is 0 Å². The topological polar surface area (TPSA) is 237 Å². The van der Waals surface area contributed by atoms with E-state index in [-0.39, 0.29) is 25.7 Å². The Morgan fingerprint density at radius 1 is 0.322 bits per heavy atom. The van der Waals surface area contributed by atoms with Crippen LogP contribution in [0.3, 0.4) is 0 Å². The van der Waals surface area contributed by atoms with Gasteiger partial charge in [-0.15, -0.1) is 0 Å². The van der Waals surface area contributed by atoms with E-state index in [0.29, 0.717) is 25.7 Å². The summed E-state index contributed by atoms with van der Waals surface area (Å²) in [6.07, 6.45) is 48.7. The number of carbonyl (C=O) groups excluding carboxylic acids is 4. The van der Waals surface area contributed by atoms with Crippen molar-refractivity contribution in [2.75, 3.05) is 39.6 Å². The number of esters is 4.